The van der Waals surface area contributed by atoms with Crippen molar-refractivity contribution in [3.05, 3.63) is 168 Å². The summed E-state index contributed by atoms with van der Waals surface area (Å²) < 4.78 is 2.27. The summed E-state index contributed by atoms with van der Waals surface area (Å²) in [5, 5.41) is 12.2. The van der Waals surface area contributed by atoms with Crippen LogP contribution in [0.25, 0.3) is 72.7 Å². The molecule has 0 spiro atoms. The topological polar surface area (TPSA) is 50.9 Å². The van der Waals surface area contributed by atoms with Gasteiger partial charge in [0.05, 0.1) is 22.3 Å². The number of benzene rings is 6. The zero-order valence-electron chi connectivity index (χ0n) is 34.9. The van der Waals surface area contributed by atoms with Gasteiger partial charge in [-0.1, -0.05) is 156 Å². The second kappa shape index (κ2) is 15.2. The van der Waals surface area contributed by atoms with Crippen LogP contribution in [0.1, 0.15) is 78.0 Å². The van der Waals surface area contributed by atoms with Crippen LogP contribution < -0.4 is 0 Å². The van der Waals surface area contributed by atoms with E-state index in [-0.39, 0.29) is 43.1 Å². The van der Waals surface area contributed by atoms with Gasteiger partial charge in [-0.15, -0.1) is 23.8 Å². The predicted molar refractivity (Wildman–Crippen MR) is 241 cm³/mol. The first-order valence-electron chi connectivity index (χ1n) is 20.4. The van der Waals surface area contributed by atoms with E-state index in [9.17, 15) is 5.11 Å². The number of pyridine rings is 1. The zero-order valence-corrected chi connectivity index (χ0v) is 37.1. The van der Waals surface area contributed by atoms with Crippen molar-refractivity contribution in [1.29, 1.82) is 0 Å². The number of aromatic hydroxyl groups is 1. The van der Waals surface area contributed by atoms with Crippen LogP contribution >= 0.6 is 0 Å². The molecule has 0 fully saturated rings. The molecule has 59 heavy (non-hydrogen) atoms. The molecule has 0 saturated carbocycles. The summed E-state index contributed by atoms with van der Waals surface area (Å²) in [5.41, 5.74) is 15.1. The first kappa shape index (κ1) is 40.2. The number of hydrogen-bond acceptors (Lipinski definition) is 3. The molecule has 1 aliphatic carbocycles. The Hall–Kier alpha value is -5.57. The summed E-state index contributed by atoms with van der Waals surface area (Å²) >= 11 is 0. The molecule has 0 atom stereocenters. The molecule has 0 aliphatic heterocycles. The number of rotatable bonds is 6. The van der Waals surface area contributed by atoms with Crippen molar-refractivity contribution in [2.45, 2.75) is 77.6 Å². The quantitative estimate of drug-likeness (QED) is 0.169. The van der Waals surface area contributed by atoms with Gasteiger partial charge in [0.1, 0.15) is 11.6 Å². The molecule has 2 heterocycles. The molecule has 5 heteroatoms. The van der Waals surface area contributed by atoms with Gasteiger partial charge in [-0.05, 0) is 93.3 Å². The Kier molecular flexibility index (Phi) is 10.4. The van der Waals surface area contributed by atoms with Gasteiger partial charge in [0, 0.05) is 38.5 Å². The minimum absolute atomic E-state index is 0. The van der Waals surface area contributed by atoms with E-state index in [0.717, 1.165) is 79.8 Å². The molecule has 1 N–H and O–H groups in total. The van der Waals surface area contributed by atoms with Crippen LogP contribution in [0.5, 0.6) is 5.75 Å². The van der Waals surface area contributed by atoms with Crippen LogP contribution in [0.3, 0.4) is 0 Å². The maximum absolute atomic E-state index is 12.2. The molecule has 1 aliphatic rings. The first-order chi connectivity index (χ1) is 27.8. The van der Waals surface area contributed by atoms with Gasteiger partial charge < -0.3 is 5.11 Å². The summed E-state index contributed by atoms with van der Waals surface area (Å²) in [5.74, 6) is 0.942. The van der Waals surface area contributed by atoms with Crippen LogP contribution in [0.4, 0.5) is 0 Å². The Balaban J connectivity index is 0.00000484. The van der Waals surface area contributed by atoms with Crippen molar-refractivity contribution in [3.63, 3.8) is 0 Å². The summed E-state index contributed by atoms with van der Waals surface area (Å²) in [6.45, 7) is 16.0. The van der Waals surface area contributed by atoms with E-state index in [1.165, 1.54) is 16.7 Å². The summed E-state index contributed by atoms with van der Waals surface area (Å²) in [7, 11) is 0. The van der Waals surface area contributed by atoms with Gasteiger partial charge in [0.25, 0.3) is 0 Å². The monoisotopic (exact) mass is 951 g/mol. The molecular formula is C54H50N3OPt-. The van der Waals surface area contributed by atoms with Crippen molar-refractivity contribution < 1.29 is 26.2 Å². The second-order valence-electron chi connectivity index (χ2n) is 18.3. The zero-order chi connectivity index (χ0) is 40.4. The maximum atomic E-state index is 12.2. The average Bonchev–Trinajstić information content (AvgIpc) is 3.62. The van der Waals surface area contributed by atoms with Crippen LogP contribution in [-0.2, 0) is 37.3 Å². The van der Waals surface area contributed by atoms with Crippen molar-refractivity contribution in [1.82, 2.24) is 14.5 Å². The fraction of sp³-hybridized carbons (Fsp3) is 0.222. The van der Waals surface area contributed by atoms with Crippen molar-refractivity contribution in [2.24, 2.45) is 0 Å². The maximum Gasteiger partial charge on any atom is 0.148 e. The van der Waals surface area contributed by atoms with Crippen molar-refractivity contribution in [2.75, 3.05) is 0 Å². The Morgan fingerprint density at radius 3 is 1.92 bits per heavy atom. The van der Waals surface area contributed by atoms with E-state index in [0.29, 0.717) is 5.82 Å². The van der Waals surface area contributed by atoms with Crippen LogP contribution in [0.2, 0.25) is 0 Å². The number of aromatic nitrogens is 3. The van der Waals surface area contributed by atoms with E-state index >= 15 is 0 Å². The fourth-order valence-electron chi connectivity index (χ4n) is 8.74. The number of para-hydroxylation sites is 1. The third-order valence-corrected chi connectivity index (χ3v) is 12.3. The predicted octanol–water partition coefficient (Wildman–Crippen LogP) is 13.9. The molecule has 0 saturated heterocycles. The van der Waals surface area contributed by atoms with Crippen LogP contribution in [0.15, 0.2) is 146 Å². The Morgan fingerprint density at radius 1 is 0.610 bits per heavy atom. The van der Waals surface area contributed by atoms with Gasteiger partial charge in [-0.3, -0.25) is 9.55 Å². The number of phenolic OH excluding ortho intramolecular Hbond substituents is 1. The van der Waals surface area contributed by atoms with E-state index in [2.05, 4.69) is 168 Å². The number of hydrogen-bond donors (Lipinski definition) is 1. The molecule has 9 rings (SSSR count). The molecule has 298 valence electrons. The van der Waals surface area contributed by atoms with Crippen molar-refractivity contribution in [3.8, 4) is 67.5 Å². The van der Waals surface area contributed by atoms with Crippen LogP contribution in [0, 0.1) is 6.07 Å². The average molecular weight is 952 g/mol. The smallest absolute Gasteiger partial charge is 0.148 e. The fourth-order valence-corrected chi connectivity index (χ4v) is 8.74. The summed E-state index contributed by atoms with van der Waals surface area (Å²) in [4.78, 5) is 10.3. The normalized spacial score (nSPS) is 14.4. The Morgan fingerprint density at radius 2 is 1.25 bits per heavy atom. The van der Waals surface area contributed by atoms with E-state index in [4.69, 9.17) is 9.97 Å². The first-order valence-corrected chi connectivity index (χ1v) is 20.4. The molecule has 6 aromatic carbocycles. The molecule has 0 radical (unpaired) electrons. The Bertz CT molecular complexity index is 2760. The summed E-state index contributed by atoms with van der Waals surface area (Å²) in [6.07, 6.45) is 3.96. The Labute approximate surface area is 363 Å². The second-order valence-corrected chi connectivity index (χ2v) is 18.3. The SMILES string of the molecule is CC(C)(C)c1ccc(-n2c(-c3cc4c(cc3O)C(C)(C)CCC4(C)C)nc3c(-c4[c-]c(-c5ccccn5)cc(-c5ccccc5)c4)cccc32)c(-c2ccccc2)c1.[Pt]. The van der Waals surface area contributed by atoms with E-state index in [1.54, 1.807) is 0 Å². The number of phenols is 1. The minimum Gasteiger partial charge on any atom is -0.507 e. The van der Waals surface area contributed by atoms with E-state index < -0.39 is 0 Å². The molecule has 8 aromatic rings. The number of nitrogens with zero attached hydrogens (tertiary/aromatic N) is 3. The molecule has 2 aromatic heterocycles. The summed E-state index contributed by atoms with van der Waals surface area (Å²) in [6, 6.07) is 52.7. The molecule has 0 unspecified atom stereocenters. The molecule has 4 nitrogen and oxygen atoms in total. The third kappa shape index (κ3) is 7.38. The third-order valence-electron chi connectivity index (χ3n) is 12.3. The van der Waals surface area contributed by atoms with E-state index in [1.807, 2.05) is 36.5 Å². The number of imidazole rings is 1. The van der Waals surface area contributed by atoms with Gasteiger partial charge in [-0.25, -0.2) is 4.98 Å². The van der Waals surface area contributed by atoms with Gasteiger partial charge >= 0.3 is 0 Å². The standard InChI is InChI=1S/C54H50N3O.Pt/c1-52(2,3)40-24-25-47(42(32-40)36-19-12-9-13-20-36)57-48-23-16-21-41(38-29-37(35-17-10-8-11-18-35)30-39(31-38)46-22-14-15-28-55-46)50(48)56-51(57)43-33-44-45(34-49(43)58)54(6,7)27-26-53(44,4)5;/h8-25,28-30,32-34,58H,26-27H2,1-7H3;/q-1;. The van der Waals surface area contributed by atoms with Crippen LogP contribution in [-0.4, -0.2) is 19.6 Å². The molecular weight excluding hydrogens is 902 g/mol. The van der Waals surface area contributed by atoms with Gasteiger partial charge in [0.2, 0.25) is 0 Å². The van der Waals surface area contributed by atoms with Gasteiger partial charge in [-0.2, -0.15) is 0 Å². The van der Waals surface area contributed by atoms with Crippen molar-refractivity contribution >= 4 is 11.0 Å². The largest absolute Gasteiger partial charge is 0.507 e. The number of fused-ring (bicyclic) bond motifs is 2. The molecule has 0 bridgehead atoms. The molecule has 0 amide bonds. The minimum atomic E-state index is -0.0619. The van der Waals surface area contributed by atoms with Gasteiger partial charge in [0.15, 0.2) is 0 Å².